The number of carbonyl (C=O) groups excluding carboxylic acids is 2. The van der Waals surface area contributed by atoms with Crippen LogP contribution in [-0.4, -0.2) is 41.9 Å². The summed E-state index contributed by atoms with van der Waals surface area (Å²) in [5, 5.41) is 3.02. The molecule has 0 aliphatic carbocycles. The van der Waals surface area contributed by atoms with Gasteiger partial charge in [0.25, 0.3) is 5.91 Å². The van der Waals surface area contributed by atoms with Gasteiger partial charge >= 0.3 is 0 Å². The van der Waals surface area contributed by atoms with Crippen molar-refractivity contribution >= 4 is 27.7 Å². The Bertz CT molecular complexity index is 857. The van der Waals surface area contributed by atoms with Crippen LogP contribution in [0, 0.1) is 6.92 Å². The number of amides is 2. The van der Waals surface area contributed by atoms with Crippen LogP contribution in [0.5, 0.6) is 5.75 Å². The lowest BCUT2D eigenvalue weighted by Gasteiger charge is -2.31. The molecule has 0 aliphatic heterocycles. The van der Waals surface area contributed by atoms with Gasteiger partial charge in [-0.1, -0.05) is 60.1 Å². The maximum Gasteiger partial charge on any atom is 0.261 e. The lowest BCUT2D eigenvalue weighted by molar-refractivity contribution is -0.142. The summed E-state index contributed by atoms with van der Waals surface area (Å²) in [5.74, 6) is 0.328. The van der Waals surface area contributed by atoms with Gasteiger partial charge < -0.3 is 15.0 Å². The van der Waals surface area contributed by atoms with E-state index in [2.05, 4.69) is 21.2 Å². The van der Waals surface area contributed by atoms with E-state index in [1.165, 1.54) is 0 Å². The Morgan fingerprint density at radius 2 is 1.81 bits per heavy atom. The first-order valence-corrected chi connectivity index (χ1v) is 11.7. The molecule has 0 aromatic heterocycles. The minimum Gasteiger partial charge on any atom is -0.484 e. The Balaban J connectivity index is 2.14. The summed E-state index contributed by atoms with van der Waals surface area (Å²) in [5.41, 5.74) is 2.16. The number of ether oxygens (including phenoxy) is 1. The molecule has 0 saturated carbocycles. The standard InChI is InChI=1S/C25H33BrN2O3/c1-5-19(4)27-25(30)23(6-2)28(15-14-20-10-8-7-9-11-20)24(29)17-31-21-12-13-22(26)18(3)16-21/h7-13,16,19,23H,5-6,14-15,17H2,1-4H3,(H,27,30)/t19-,23-/m0/s1. The molecular weight excluding hydrogens is 456 g/mol. The van der Waals surface area contributed by atoms with Gasteiger partial charge in [-0.25, -0.2) is 0 Å². The zero-order valence-corrected chi connectivity index (χ0v) is 20.4. The van der Waals surface area contributed by atoms with Gasteiger partial charge in [-0.2, -0.15) is 0 Å². The van der Waals surface area contributed by atoms with Crippen molar-refractivity contribution in [3.05, 3.63) is 64.1 Å². The van der Waals surface area contributed by atoms with E-state index >= 15 is 0 Å². The van der Waals surface area contributed by atoms with Gasteiger partial charge in [0.1, 0.15) is 11.8 Å². The van der Waals surface area contributed by atoms with E-state index in [-0.39, 0.29) is 24.5 Å². The summed E-state index contributed by atoms with van der Waals surface area (Å²) in [6.07, 6.45) is 2.06. The molecular formula is C25H33BrN2O3. The van der Waals surface area contributed by atoms with Crippen LogP contribution in [0.15, 0.2) is 53.0 Å². The minimum atomic E-state index is -0.527. The summed E-state index contributed by atoms with van der Waals surface area (Å²) in [6.45, 7) is 8.25. The number of halogens is 1. The number of hydrogen-bond donors (Lipinski definition) is 1. The molecule has 6 heteroatoms. The summed E-state index contributed by atoms with van der Waals surface area (Å²) in [7, 11) is 0. The third-order valence-corrected chi connectivity index (χ3v) is 6.25. The molecule has 2 atom stereocenters. The van der Waals surface area contributed by atoms with Gasteiger partial charge in [-0.3, -0.25) is 9.59 Å². The number of aryl methyl sites for hydroxylation is 1. The molecule has 0 unspecified atom stereocenters. The number of rotatable bonds is 11. The first kappa shape index (κ1) is 24.9. The van der Waals surface area contributed by atoms with Gasteiger partial charge in [0.15, 0.2) is 6.61 Å². The smallest absolute Gasteiger partial charge is 0.261 e. The molecule has 0 saturated heterocycles. The molecule has 0 fully saturated rings. The van der Waals surface area contributed by atoms with Crippen molar-refractivity contribution in [2.45, 2.75) is 59.0 Å². The predicted molar refractivity (Wildman–Crippen MR) is 128 cm³/mol. The molecule has 0 aliphatic rings. The third kappa shape index (κ3) is 7.69. The van der Waals surface area contributed by atoms with E-state index in [0.29, 0.717) is 25.1 Å². The molecule has 2 amide bonds. The van der Waals surface area contributed by atoms with Crippen LogP contribution in [-0.2, 0) is 16.0 Å². The van der Waals surface area contributed by atoms with Gasteiger partial charge in [0, 0.05) is 17.1 Å². The monoisotopic (exact) mass is 488 g/mol. The van der Waals surface area contributed by atoms with Crippen LogP contribution in [0.2, 0.25) is 0 Å². The van der Waals surface area contributed by atoms with Crippen LogP contribution < -0.4 is 10.1 Å². The molecule has 31 heavy (non-hydrogen) atoms. The van der Waals surface area contributed by atoms with Crippen molar-refractivity contribution in [3.8, 4) is 5.75 Å². The molecule has 5 nitrogen and oxygen atoms in total. The highest BCUT2D eigenvalue weighted by Crippen LogP contribution is 2.21. The molecule has 2 aromatic rings. The maximum absolute atomic E-state index is 13.2. The second-order valence-electron chi connectivity index (χ2n) is 7.76. The van der Waals surface area contributed by atoms with Gasteiger partial charge in [-0.05, 0) is 62.4 Å². The van der Waals surface area contributed by atoms with E-state index in [4.69, 9.17) is 4.74 Å². The van der Waals surface area contributed by atoms with E-state index in [1.54, 1.807) is 4.90 Å². The fourth-order valence-electron chi connectivity index (χ4n) is 3.27. The Kier molecular flexibility index (Phi) is 10.0. The summed E-state index contributed by atoms with van der Waals surface area (Å²) in [6, 6.07) is 15.1. The summed E-state index contributed by atoms with van der Waals surface area (Å²) >= 11 is 3.47. The number of benzene rings is 2. The molecule has 2 rings (SSSR count). The Morgan fingerprint density at radius 3 is 2.42 bits per heavy atom. The second kappa shape index (κ2) is 12.5. The topological polar surface area (TPSA) is 58.6 Å². The van der Waals surface area contributed by atoms with Crippen molar-refractivity contribution in [3.63, 3.8) is 0 Å². The summed E-state index contributed by atoms with van der Waals surface area (Å²) in [4.78, 5) is 27.7. The first-order chi connectivity index (χ1) is 14.8. The Labute approximate surface area is 194 Å². The number of nitrogens with zero attached hydrogens (tertiary/aromatic N) is 1. The molecule has 0 heterocycles. The lowest BCUT2D eigenvalue weighted by atomic mass is 10.1. The van der Waals surface area contributed by atoms with E-state index in [9.17, 15) is 9.59 Å². The third-order valence-electron chi connectivity index (χ3n) is 5.36. The number of carbonyl (C=O) groups is 2. The first-order valence-electron chi connectivity index (χ1n) is 10.9. The van der Waals surface area contributed by atoms with Crippen LogP contribution in [0.3, 0.4) is 0 Å². The highest BCUT2D eigenvalue weighted by molar-refractivity contribution is 9.10. The minimum absolute atomic E-state index is 0.0645. The van der Waals surface area contributed by atoms with Crippen LogP contribution in [0.25, 0.3) is 0 Å². The van der Waals surface area contributed by atoms with Gasteiger partial charge in [0.05, 0.1) is 0 Å². The fraction of sp³-hybridized carbons (Fsp3) is 0.440. The van der Waals surface area contributed by atoms with E-state index in [0.717, 1.165) is 22.0 Å². The second-order valence-corrected chi connectivity index (χ2v) is 8.62. The highest BCUT2D eigenvalue weighted by Gasteiger charge is 2.29. The van der Waals surface area contributed by atoms with Crippen molar-refractivity contribution in [1.29, 1.82) is 0 Å². The van der Waals surface area contributed by atoms with Crippen LogP contribution >= 0.6 is 15.9 Å². The van der Waals surface area contributed by atoms with E-state index < -0.39 is 6.04 Å². The number of nitrogens with one attached hydrogen (secondary N) is 1. The van der Waals surface area contributed by atoms with Crippen molar-refractivity contribution in [2.24, 2.45) is 0 Å². The molecule has 0 radical (unpaired) electrons. The lowest BCUT2D eigenvalue weighted by Crippen LogP contribution is -2.52. The molecule has 2 aromatic carbocycles. The maximum atomic E-state index is 13.2. The SMILES string of the molecule is CC[C@H](C)NC(=O)[C@H](CC)N(CCc1ccccc1)C(=O)COc1ccc(Br)c(C)c1. The predicted octanol–water partition coefficient (Wildman–Crippen LogP) is 4.90. The Hall–Kier alpha value is -2.34. The van der Waals surface area contributed by atoms with Crippen molar-refractivity contribution in [1.82, 2.24) is 10.2 Å². The van der Waals surface area contributed by atoms with Gasteiger partial charge in [0.2, 0.25) is 5.91 Å². The fourth-order valence-corrected chi connectivity index (χ4v) is 3.52. The average molecular weight is 489 g/mol. The van der Waals surface area contributed by atoms with Crippen molar-refractivity contribution < 1.29 is 14.3 Å². The Morgan fingerprint density at radius 1 is 1.10 bits per heavy atom. The zero-order chi connectivity index (χ0) is 22.8. The van der Waals surface area contributed by atoms with E-state index in [1.807, 2.05) is 76.2 Å². The van der Waals surface area contributed by atoms with Gasteiger partial charge in [-0.15, -0.1) is 0 Å². The molecule has 168 valence electrons. The summed E-state index contributed by atoms with van der Waals surface area (Å²) < 4.78 is 6.76. The van der Waals surface area contributed by atoms with Crippen LogP contribution in [0.1, 0.15) is 44.7 Å². The number of hydrogen-bond acceptors (Lipinski definition) is 3. The molecule has 0 bridgehead atoms. The zero-order valence-electron chi connectivity index (χ0n) is 18.9. The molecule has 0 spiro atoms. The normalized spacial score (nSPS) is 12.7. The van der Waals surface area contributed by atoms with Crippen molar-refractivity contribution in [2.75, 3.05) is 13.2 Å². The largest absolute Gasteiger partial charge is 0.484 e. The highest BCUT2D eigenvalue weighted by atomic mass is 79.9. The quantitative estimate of drug-likeness (QED) is 0.489. The average Bonchev–Trinajstić information content (AvgIpc) is 2.77. The van der Waals surface area contributed by atoms with Crippen LogP contribution in [0.4, 0.5) is 0 Å². The molecule has 1 N–H and O–H groups in total.